The molecule has 0 aliphatic heterocycles. The summed E-state index contributed by atoms with van der Waals surface area (Å²) in [4.78, 5) is 16.8. The Kier molecular flexibility index (Phi) is 4.95. The maximum absolute atomic E-state index is 12.3. The molecule has 3 nitrogen and oxygen atoms in total. The van der Waals surface area contributed by atoms with Crippen LogP contribution in [0.1, 0.15) is 24.0 Å². The van der Waals surface area contributed by atoms with E-state index in [1.807, 2.05) is 31.2 Å². The number of hydrogen-bond acceptors (Lipinski definition) is 2. The van der Waals surface area contributed by atoms with E-state index in [2.05, 4.69) is 11.6 Å². The van der Waals surface area contributed by atoms with Crippen LogP contribution in [0, 0.1) is 13.8 Å². The van der Waals surface area contributed by atoms with Gasteiger partial charge in [-0.05, 0) is 0 Å². The predicted molar refractivity (Wildman–Crippen MR) is 67.9 cm³/mol. The van der Waals surface area contributed by atoms with E-state index in [9.17, 15) is 4.79 Å². The van der Waals surface area contributed by atoms with Crippen molar-refractivity contribution in [3.63, 3.8) is 0 Å². The molecule has 1 rings (SSSR count). The molecule has 1 heterocycles. The number of aryl methyl sites for hydroxylation is 2. The Morgan fingerprint density at radius 2 is 2.18 bits per heavy atom. The zero-order valence-electron chi connectivity index (χ0n) is 10.4. The van der Waals surface area contributed by atoms with Crippen molar-refractivity contribution < 1.29 is 19.4 Å². The van der Waals surface area contributed by atoms with E-state index in [1.54, 1.807) is 10.6 Å². The summed E-state index contributed by atoms with van der Waals surface area (Å²) >= 11 is 1.29. The molecule has 4 heteroatoms. The molecule has 0 saturated heterocycles. The summed E-state index contributed by atoms with van der Waals surface area (Å²) in [5, 5.41) is 0. The van der Waals surface area contributed by atoms with Crippen molar-refractivity contribution in [3.8, 4) is 0 Å². The van der Waals surface area contributed by atoms with Crippen LogP contribution in [0.5, 0.6) is 0 Å². The average Bonchev–Trinajstić information content (AvgIpc) is 2.33. The van der Waals surface area contributed by atoms with Crippen molar-refractivity contribution in [1.29, 1.82) is 0 Å². The molecule has 90 valence electrons. The van der Waals surface area contributed by atoms with Gasteiger partial charge in [0, 0.05) is 0 Å². The van der Waals surface area contributed by atoms with Crippen molar-refractivity contribution >= 4 is 10.1 Å². The second-order valence-corrected chi connectivity index (χ2v) is 4.52. The third kappa shape index (κ3) is 2.78. The normalized spacial score (nSPS) is 11.4. The predicted octanol–water partition coefficient (Wildman–Crippen LogP) is 1.80. The first-order valence-electron chi connectivity index (χ1n) is 5.44. The van der Waals surface area contributed by atoms with Crippen LogP contribution in [-0.4, -0.2) is 14.0 Å². The topological polar surface area (TPSA) is 34.9 Å². The molecule has 0 aliphatic rings. The van der Waals surface area contributed by atoms with Crippen molar-refractivity contribution in [2.45, 2.75) is 27.2 Å². The summed E-state index contributed by atoms with van der Waals surface area (Å²) in [6.07, 6.45) is 4.26. The quantitative estimate of drug-likeness (QED) is 0.723. The fourth-order valence-corrected chi connectivity index (χ4v) is 2.22. The summed E-state index contributed by atoms with van der Waals surface area (Å²) in [5.41, 5.74) is 2.38. The van der Waals surface area contributed by atoms with E-state index in [0.717, 1.165) is 23.6 Å². The van der Waals surface area contributed by atoms with Crippen LogP contribution in [0.3, 0.4) is 0 Å². The van der Waals surface area contributed by atoms with Crippen LogP contribution in [-0.2, 0) is 25.8 Å². The Labute approximate surface area is 112 Å². The molecule has 0 bridgehead atoms. The van der Waals surface area contributed by atoms with E-state index >= 15 is 0 Å². The van der Waals surface area contributed by atoms with Gasteiger partial charge in [0.1, 0.15) is 0 Å². The van der Waals surface area contributed by atoms with Crippen LogP contribution in [0.2, 0.25) is 0 Å². The van der Waals surface area contributed by atoms with Gasteiger partial charge in [0.05, 0.1) is 0 Å². The van der Waals surface area contributed by atoms with E-state index in [4.69, 9.17) is 0 Å². The van der Waals surface area contributed by atoms with Gasteiger partial charge in [0.25, 0.3) is 0 Å². The standard InChI is InChI=1S/C13H16N2O.W/c1-6-8-9(3)15-12(7-2)14-11(5)10(4)13(15)16;/h3,6,8H,1,7H2,2,4-5H3;/b9-8+;. The van der Waals surface area contributed by atoms with Crippen LogP contribution in [0.25, 0.3) is 5.70 Å². The van der Waals surface area contributed by atoms with Gasteiger partial charge in [0.2, 0.25) is 0 Å². The average molecular weight is 400 g/mol. The van der Waals surface area contributed by atoms with E-state index in [-0.39, 0.29) is 5.56 Å². The van der Waals surface area contributed by atoms with Gasteiger partial charge in [-0.1, -0.05) is 0 Å². The van der Waals surface area contributed by atoms with Gasteiger partial charge in [-0.25, -0.2) is 0 Å². The SMILES string of the molecule is C=C/C=C(\[CH]=[W])n1c(CC)nc(C)c(C)c1=O. The van der Waals surface area contributed by atoms with Crippen LogP contribution < -0.4 is 5.56 Å². The van der Waals surface area contributed by atoms with Gasteiger partial charge < -0.3 is 0 Å². The molecule has 0 atom stereocenters. The van der Waals surface area contributed by atoms with Crippen LogP contribution >= 0.6 is 0 Å². The molecular formula is C13H16N2OW. The number of aromatic nitrogens is 2. The second-order valence-electron chi connectivity index (χ2n) is 3.68. The molecule has 0 amide bonds. The molecule has 0 spiro atoms. The summed E-state index contributed by atoms with van der Waals surface area (Å²) < 4.78 is 3.65. The van der Waals surface area contributed by atoms with Gasteiger partial charge in [-0.2, -0.15) is 0 Å². The summed E-state index contributed by atoms with van der Waals surface area (Å²) in [6.45, 7) is 9.36. The summed E-state index contributed by atoms with van der Waals surface area (Å²) in [7, 11) is 0. The molecule has 0 N–H and O–H groups in total. The molecule has 0 unspecified atom stereocenters. The number of hydrogen-bond donors (Lipinski definition) is 0. The van der Waals surface area contributed by atoms with Crippen molar-refractivity contribution in [3.05, 3.63) is 46.2 Å². The van der Waals surface area contributed by atoms with Gasteiger partial charge in [-0.3, -0.25) is 0 Å². The van der Waals surface area contributed by atoms with Crippen molar-refractivity contribution in [2.75, 3.05) is 0 Å². The van der Waals surface area contributed by atoms with Crippen molar-refractivity contribution in [2.24, 2.45) is 0 Å². The third-order valence-corrected chi connectivity index (χ3v) is 3.47. The van der Waals surface area contributed by atoms with Crippen LogP contribution in [0.4, 0.5) is 0 Å². The Morgan fingerprint density at radius 1 is 1.53 bits per heavy atom. The number of nitrogens with zero attached hydrogens (tertiary/aromatic N) is 2. The second kappa shape index (κ2) is 6.02. The van der Waals surface area contributed by atoms with E-state index < -0.39 is 0 Å². The fourth-order valence-electron chi connectivity index (χ4n) is 1.56. The molecule has 1 aromatic heterocycles. The molecule has 1 aromatic rings. The van der Waals surface area contributed by atoms with E-state index in [0.29, 0.717) is 5.56 Å². The Morgan fingerprint density at radius 3 is 2.65 bits per heavy atom. The maximum atomic E-state index is 12.3. The third-order valence-electron chi connectivity index (χ3n) is 2.61. The number of allylic oxidation sites excluding steroid dienone is 3. The molecular weight excluding hydrogens is 384 g/mol. The summed E-state index contributed by atoms with van der Waals surface area (Å²) in [5.74, 6) is 0.795. The van der Waals surface area contributed by atoms with Gasteiger partial charge in [-0.15, -0.1) is 0 Å². The Bertz CT molecular complexity index is 541. The minimum atomic E-state index is 0.0138. The van der Waals surface area contributed by atoms with Crippen LogP contribution in [0.15, 0.2) is 23.5 Å². The zero-order chi connectivity index (χ0) is 13.0. The summed E-state index contributed by atoms with van der Waals surface area (Å²) in [6, 6.07) is 0. The molecule has 0 aromatic carbocycles. The first-order valence-corrected chi connectivity index (χ1v) is 7.13. The van der Waals surface area contributed by atoms with Gasteiger partial charge in [0.15, 0.2) is 0 Å². The molecule has 17 heavy (non-hydrogen) atoms. The monoisotopic (exact) mass is 400 g/mol. The Balaban J connectivity index is 3.67. The van der Waals surface area contributed by atoms with Gasteiger partial charge >= 0.3 is 112 Å². The Hall–Kier alpha value is -1.08. The minimum absolute atomic E-state index is 0.0138. The fraction of sp³-hybridized carbons (Fsp3) is 0.308. The van der Waals surface area contributed by atoms with Crippen molar-refractivity contribution in [1.82, 2.24) is 9.55 Å². The zero-order valence-corrected chi connectivity index (χ0v) is 13.3. The molecule has 0 fully saturated rings. The van der Waals surface area contributed by atoms with E-state index in [1.165, 1.54) is 19.4 Å². The number of rotatable bonds is 4. The molecule has 0 radical (unpaired) electrons. The first-order chi connectivity index (χ1) is 8.06. The molecule has 0 saturated carbocycles. The first kappa shape index (κ1) is 14.0. The molecule has 0 aliphatic carbocycles.